The Kier molecular flexibility index (Phi) is 1.76. The zero-order chi connectivity index (χ0) is 9.64. The summed E-state index contributed by atoms with van der Waals surface area (Å²) in [7, 11) is 0. The second-order valence-corrected chi connectivity index (χ2v) is 3.25. The van der Waals surface area contributed by atoms with Crippen molar-refractivity contribution in [2.75, 3.05) is 13.1 Å². The summed E-state index contributed by atoms with van der Waals surface area (Å²) in [5.74, 6) is -1.75. The molecule has 0 aromatic heterocycles. The van der Waals surface area contributed by atoms with Gasteiger partial charge in [0.25, 0.3) is 0 Å². The van der Waals surface area contributed by atoms with E-state index >= 15 is 0 Å². The van der Waals surface area contributed by atoms with Crippen molar-refractivity contribution in [1.29, 1.82) is 0 Å². The molecule has 2 rings (SSSR count). The number of amides is 1. The summed E-state index contributed by atoms with van der Waals surface area (Å²) in [6, 6.07) is 0. The van der Waals surface area contributed by atoms with Crippen LogP contribution in [0.2, 0.25) is 0 Å². The van der Waals surface area contributed by atoms with Gasteiger partial charge < -0.3 is 9.64 Å². The Morgan fingerprint density at radius 2 is 2.08 bits per heavy atom. The van der Waals surface area contributed by atoms with Gasteiger partial charge in [-0.1, -0.05) is 0 Å². The first-order valence-electron chi connectivity index (χ1n) is 4.00. The van der Waals surface area contributed by atoms with Gasteiger partial charge in [0.05, 0.1) is 6.10 Å². The minimum Gasteiger partial charge on any atom is -0.368 e. The lowest BCUT2D eigenvalue weighted by Gasteiger charge is -2.24. The van der Waals surface area contributed by atoms with Gasteiger partial charge in [-0.2, -0.15) is 13.2 Å². The summed E-state index contributed by atoms with van der Waals surface area (Å²) >= 11 is 0. The van der Waals surface area contributed by atoms with Crippen LogP contribution in [0.3, 0.4) is 0 Å². The van der Waals surface area contributed by atoms with Gasteiger partial charge in [0, 0.05) is 13.1 Å². The molecule has 2 atom stereocenters. The fourth-order valence-corrected chi connectivity index (χ4v) is 1.55. The van der Waals surface area contributed by atoms with E-state index in [-0.39, 0.29) is 25.3 Å². The minimum absolute atomic E-state index is 0.0863. The molecule has 6 heteroatoms. The largest absolute Gasteiger partial charge is 0.471 e. The van der Waals surface area contributed by atoms with Gasteiger partial charge >= 0.3 is 12.1 Å². The molecule has 2 saturated heterocycles. The summed E-state index contributed by atoms with van der Waals surface area (Å²) in [5.41, 5.74) is 0. The van der Waals surface area contributed by atoms with E-state index in [2.05, 4.69) is 0 Å². The number of likely N-dealkylation sites (tertiary alicyclic amines) is 1. The van der Waals surface area contributed by atoms with Crippen LogP contribution in [0.4, 0.5) is 13.2 Å². The van der Waals surface area contributed by atoms with E-state index in [1.165, 1.54) is 0 Å². The number of nitrogens with zero attached hydrogens (tertiary/aromatic N) is 1. The lowest BCUT2D eigenvalue weighted by molar-refractivity contribution is -0.186. The second kappa shape index (κ2) is 2.60. The third-order valence-corrected chi connectivity index (χ3v) is 2.30. The minimum atomic E-state index is -4.75. The van der Waals surface area contributed by atoms with Crippen molar-refractivity contribution >= 4 is 5.91 Å². The van der Waals surface area contributed by atoms with Crippen LogP contribution in [-0.4, -0.2) is 42.3 Å². The number of carbonyl (C=O) groups is 1. The van der Waals surface area contributed by atoms with Crippen molar-refractivity contribution in [3.63, 3.8) is 0 Å². The molecular weight excluding hydrogens is 187 g/mol. The Morgan fingerprint density at radius 1 is 1.38 bits per heavy atom. The lowest BCUT2D eigenvalue weighted by atomic mass is 10.1. The zero-order valence-corrected chi connectivity index (χ0v) is 6.67. The molecule has 0 bridgehead atoms. The van der Waals surface area contributed by atoms with Gasteiger partial charge in [0.1, 0.15) is 6.10 Å². The first-order valence-corrected chi connectivity index (χ1v) is 4.00. The molecule has 0 aromatic carbocycles. The van der Waals surface area contributed by atoms with E-state index in [0.29, 0.717) is 6.42 Å². The molecular formula is C7H8F3NO2. The van der Waals surface area contributed by atoms with Crippen molar-refractivity contribution in [3.05, 3.63) is 0 Å². The van der Waals surface area contributed by atoms with Crippen LogP contribution in [0.15, 0.2) is 0 Å². The average Bonchev–Trinajstić information content (AvgIpc) is 2.78. The maximum absolute atomic E-state index is 11.9. The third-order valence-electron chi connectivity index (χ3n) is 2.30. The van der Waals surface area contributed by atoms with Crippen LogP contribution >= 0.6 is 0 Å². The van der Waals surface area contributed by atoms with Crippen LogP contribution in [0, 0.1) is 0 Å². The molecule has 0 aromatic rings. The number of halogens is 3. The predicted octanol–water partition coefficient (Wildman–Crippen LogP) is 0.548. The molecule has 13 heavy (non-hydrogen) atoms. The van der Waals surface area contributed by atoms with Crippen molar-refractivity contribution in [1.82, 2.24) is 4.90 Å². The Bertz CT molecular complexity index is 240. The molecule has 0 radical (unpaired) electrons. The SMILES string of the molecule is O=C(N1CC[C@H]2O[C@@H]2C1)C(F)(F)F. The number of hydrogen-bond acceptors (Lipinski definition) is 2. The van der Waals surface area contributed by atoms with Gasteiger partial charge in [-0.3, -0.25) is 4.79 Å². The number of piperidine rings is 1. The Balaban J connectivity index is 1.97. The van der Waals surface area contributed by atoms with E-state index in [1.807, 2.05) is 0 Å². The van der Waals surface area contributed by atoms with Gasteiger partial charge in [0.2, 0.25) is 0 Å². The van der Waals surface area contributed by atoms with Crippen molar-refractivity contribution in [2.45, 2.75) is 24.8 Å². The van der Waals surface area contributed by atoms with E-state index in [0.717, 1.165) is 4.90 Å². The first-order chi connectivity index (χ1) is 5.98. The third kappa shape index (κ3) is 1.63. The molecule has 2 heterocycles. The predicted molar refractivity (Wildman–Crippen MR) is 35.9 cm³/mol. The molecule has 0 saturated carbocycles. The maximum Gasteiger partial charge on any atom is 0.471 e. The first kappa shape index (κ1) is 8.80. The molecule has 0 aliphatic carbocycles. The standard InChI is InChI=1S/C7H8F3NO2/c8-7(9,10)6(12)11-2-1-4-5(3-11)13-4/h4-5H,1-3H2/t4-,5-/m1/s1. The highest BCUT2D eigenvalue weighted by Gasteiger charge is 2.50. The van der Waals surface area contributed by atoms with Gasteiger partial charge in [-0.25, -0.2) is 0 Å². The van der Waals surface area contributed by atoms with E-state index < -0.39 is 12.1 Å². The van der Waals surface area contributed by atoms with E-state index in [9.17, 15) is 18.0 Å². The average molecular weight is 195 g/mol. The quantitative estimate of drug-likeness (QED) is 0.529. The Hall–Kier alpha value is -0.780. The van der Waals surface area contributed by atoms with Gasteiger partial charge in [-0.05, 0) is 6.42 Å². The topological polar surface area (TPSA) is 32.8 Å². The number of epoxide rings is 1. The number of alkyl halides is 3. The summed E-state index contributed by atoms with van der Waals surface area (Å²) < 4.78 is 40.8. The number of hydrogen-bond donors (Lipinski definition) is 0. The molecule has 0 unspecified atom stereocenters. The second-order valence-electron chi connectivity index (χ2n) is 3.25. The number of carbonyl (C=O) groups excluding carboxylic acids is 1. The van der Waals surface area contributed by atoms with Crippen LogP contribution in [-0.2, 0) is 9.53 Å². The molecule has 3 nitrogen and oxygen atoms in total. The summed E-state index contributed by atoms with van der Waals surface area (Å²) in [5, 5.41) is 0. The monoisotopic (exact) mass is 195 g/mol. The fraction of sp³-hybridized carbons (Fsp3) is 0.857. The summed E-state index contributed by atoms with van der Waals surface area (Å²) in [4.78, 5) is 11.5. The van der Waals surface area contributed by atoms with Gasteiger partial charge in [-0.15, -0.1) is 0 Å². The van der Waals surface area contributed by atoms with Crippen molar-refractivity contribution in [2.24, 2.45) is 0 Å². The molecule has 74 valence electrons. The van der Waals surface area contributed by atoms with E-state index in [1.54, 1.807) is 0 Å². The zero-order valence-electron chi connectivity index (χ0n) is 6.67. The maximum atomic E-state index is 11.9. The fourth-order valence-electron chi connectivity index (χ4n) is 1.55. The van der Waals surface area contributed by atoms with Crippen LogP contribution in [0.1, 0.15) is 6.42 Å². The Labute approximate surface area is 72.4 Å². The molecule has 2 aliphatic rings. The summed E-state index contributed by atoms with van der Waals surface area (Å²) in [6.45, 7) is 0.239. The van der Waals surface area contributed by atoms with Crippen LogP contribution in [0.25, 0.3) is 0 Å². The van der Waals surface area contributed by atoms with Crippen LogP contribution in [0.5, 0.6) is 0 Å². The molecule has 2 fully saturated rings. The number of fused-ring (bicyclic) bond motifs is 1. The van der Waals surface area contributed by atoms with Crippen molar-refractivity contribution < 1.29 is 22.7 Å². The molecule has 0 N–H and O–H groups in total. The Morgan fingerprint density at radius 3 is 2.62 bits per heavy atom. The lowest BCUT2D eigenvalue weighted by Crippen LogP contribution is -2.46. The highest BCUT2D eigenvalue weighted by Crippen LogP contribution is 2.32. The highest BCUT2D eigenvalue weighted by molar-refractivity contribution is 5.82. The van der Waals surface area contributed by atoms with Crippen molar-refractivity contribution in [3.8, 4) is 0 Å². The highest BCUT2D eigenvalue weighted by atomic mass is 19.4. The van der Waals surface area contributed by atoms with E-state index in [4.69, 9.17) is 4.74 Å². The normalized spacial score (nSPS) is 32.7. The van der Waals surface area contributed by atoms with Gasteiger partial charge in [0.15, 0.2) is 0 Å². The molecule has 1 amide bonds. The molecule has 2 aliphatic heterocycles. The van der Waals surface area contributed by atoms with Crippen LogP contribution < -0.4 is 0 Å². The molecule has 0 spiro atoms. The summed E-state index contributed by atoms with van der Waals surface area (Å²) in [6.07, 6.45) is -4.29. The number of rotatable bonds is 0. The smallest absolute Gasteiger partial charge is 0.368 e. The number of ether oxygens (including phenoxy) is 1.